The number of nitrogens with zero attached hydrogens (tertiary/aromatic N) is 2. The molecule has 44 heavy (non-hydrogen) atoms. The summed E-state index contributed by atoms with van der Waals surface area (Å²) in [6.45, 7) is 0.114. The monoisotopic (exact) mass is 622 g/mol. The number of carbonyl (C=O) groups is 4. The Bertz CT molecular complexity index is 1790. The van der Waals surface area contributed by atoms with Crippen molar-refractivity contribution in [1.82, 2.24) is 0 Å². The van der Waals surface area contributed by atoms with Crippen molar-refractivity contribution in [1.29, 1.82) is 0 Å². The smallest absolute Gasteiger partial charge is 0.316 e. The summed E-state index contributed by atoms with van der Waals surface area (Å²) in [6.07, 6.45) is -0.0214. The van der Waals surface area contributed by atoms with Crippen LogP contribution in [-0.4, -0.2) is 30.2 Å². The number of anilines is 2. The maximum Gasteiger partial charge on any atom is 0.316 e. The molecule has 2 bridgehead atoms. The molecule has 0 aromatic heterocycles. The van der Waals surface area contributed by atoms with Gasteiger partial charge in [0.2, 0.25) is 17.7 Å². The molecular weight excluding hydrogens is 599 g/mol. The van der Waals surface area contributed by atoms with Crippen molar-refractivity contribution in [3.05, 3.63) is 123 Å². The predicted octanol–water partition coefficient (Wildman–Crippen LogP) is 6.35. The first-order valence-electron chi connectivity index (χ1n) is 14.4. The number of esters is 1. The predicted molar refractivity (Wildman–Crippen MR) is 165 cm³/mol. The number of ether oxygens (including phenoxy) is 1. The summed E-state index contributed by atoms with van der Waals surface area (Å²) in [5.74, 6) is -3.01. The fraction of sp³-hybridized carbons (Fsp3) is 0.200. The molecule has 218 valence electrons. The first-order valence-corrected chi connectivity index (χ1v) is 15.2. The van der Waals surface area contributed by atoms with E-state index in [0.29, 0.717) is 21.4 Å². The molecule has 2 saturated heterocycles. The number of hydrogen-bond donors (Lipinski definition) is 0. The van der Waals surface area contributed by atoms with Gasteiger partial charge in [0.1, 0.15) is 5.75 Å². The standard InChI is InChI=1S/C35H24Cl2N2O5/c36-19-9-14-26(37)27(16-19)38-17-18(15-28(38)40)35(43)44-21-12-10-20(11-13-21)39-33(41)31-29-22-5-1-2-6-23(22)30(32(31)34(39)42)25-8-4-3-7-24(25)29/h1-14,16,18,29-32H,15,17H2/t18-,29?,30?,31-,32+/m0/s1. The molecule has 0 spiro atoms. The second kappa shape index (κ2) is 10.0. The maximum absolute atomic E-state index is 14.0. The lowest BCUT2D eigenvalue weighted by atomic mass is 9.55. The van der Waals surface area contributed by atoms with Gasteiger partial charge in [-0.15, -0.1) is 0 Å². The van der Waals surface area contributed by atoms with Gasteiger partial charge in [-0.25, -0.2) is 4.90 Å². The highest BCUT2D eigenvalue weighted by Crippen LogP contribution is 2.61. The van der Waals surface area contributed by atoms with E-state index < -0.39 is 23.7 Å². The van der Waals surface area contributed by atoms with Gasteiger partial charge in [-0.1, -0.05) is 71.7 Å². The molecule has 4 aromatic carbocycles. The molecular formula is C35H24Cl2N2O5. The summed E-state index contributed by atoms with van der Waals surface area (Å²) < 4.78 is 5.61. The maximum atomic E-state index is 14.0. The molecule has 3 aliphatic carbocycles. The van der Waals surface area contributed by atoms with E-state index in [2.05, 4.69) is 24.3 Å². The molecule has 9 heteroatoms. The van der Waals surface area contributed by atoms with Crippen molar-refractivity contribution < 1.29 is 23.9 Å². The minimum Gasteiger partial charge on any atom is -0.426 e. The molecule has 0 saturated carbocycles. The zero-order chi connectivity index (χ0) is 30.3. The molecule has 4 aromatic rings. The number of amides is 3. The number of halogens is 2. The number of benzene rings is 4. The SMILES string of the molecule is O=C(Oc1ccc(N2C(=O)[C@@H]3C4c5ccccc5C(c5ccccc54)[C@@H]3C2=O)cc1)[C@H]1CC(=O)N(c2cc(Cl)ccc2Cl)C1. The Morgan fingerprint density at radius 1 is 0.727 bits per heavy atom. The normalized spacial score (nSPS) is 24.8. The van der Waals surface area contributed by atoms with Crippen LogP contribution in [0.4, 0.5) is 11.4 Å². The molecule has 3 amide bonds. The van der Waals surface area contributed by atoms with E-state index in [1.54, 1.807) is 42.5 Å². The molecule has 0 N–H and O–H groups in total. The van der Waals surface area contributed by atoms with E-state index in [1.807, 2.05) is 24.3 Å². The Hall–Kier alpha value is -4.46. The molecule has 2 heterocycles. The molecule has 7 nitrogen and oxygen atoms in total. The third-order valence-corrected chi connectivity index (χ3v) is 9.97. The second-order valence-electron chi connectivity index (χ2n) is 11.7. The first kappa shape index (κ1) is 27.1. The van der Waals surface area contributed by atoms with E-state index in [1.165, 1.54) is 9.80 Å². The molecule has 5 aliphatic rings. The molecule has 2 aliphatic heterocycles. The van der Waals surface area contributed by atoms with Gasteiger partial charge in [0, 0.05) is 29.8 Å². The molecule has 9 rings (SSSR count). The van der Waals surface area contributed by atoms with Crippen LogP contribution in [-0.2, 0) is 19.2 Å². The topological polar surface area (TPSA) is 84.0 Å². The summed E-state index contributed by atoms with van der Waals surface area (Å²) in [7, 11) is 0. The lowest BCUT2D eigenvalue weighted by Gasteiger charge is -2.45. The van der Waals surface area contributed by atoms with E-state index in [4.69, 9.17) is 27.9 Å². The van der Waals surface area contributed by atoms with Crippen LogP contribution in [0.2, 0.25) is 10.0 Å². The number of imide groups is 1. The zero-order valence-electron chi connectivity index (χ0n) is 23.2. The van der Waals surface area contributed by atoms with Crippen LogP contribution in [0, 0.1) is 17.8 Å². The molecule has 0 radical (unpaired) electrons. The lowest BCUT2D eigenvalue weighted by molar-refractivity contribution is -0.139. The van der Waals surface area contributed by atoms with Crippen LogP contribution in [0.5, 0.6) is 5.75 Å². The largest absolute Gasteiger partial charge is 0.426 e. The fourth-order valence-corrected chi connectivity index (χ4v) is 7.97. The van der Waals surface area contributed by atoms with Gasteiger partial charge in [0.25, 0.3) is 0 Å². The van der Waals surface area contributed by atoms with Crippen molar-refractivity contribution >= 4 is 58.3 Å². The van der Waals surface area contributed by atoms with E-state index in [-0.39, 0.29) is 48.3 Å². The molecule has 2 fully saturated rings. The van der Waals surface area contributed by atoms with Gasteiger partial charge in [-0.05, 0) is 64.7 Å². The van der Waals surface area contributed by atoms with Crippen molar-refractivity contribution in [3.63, 3.8) is 0 Å². The van der Waals surface area contributed by atoms with Crippen LogP contribution < -0.4 is 14.5 Å². The summed E-state index contributed by atoms with van der Waals surface area (Å²) >= 11 is 12.4. The Morgan fingerprint density at radius 2 is 1.27 bits per heavy atom. The van der Waals surface area contributed by atoms with Crippen LogP contribution in [0.25, 0.3) is 0 Å². The number of carbonyl (C=O) groups excluding carboxylic acids is 4. The highest BCUT2D eigenvalue weighted by molar-refractivity contribution is 6.36. The third kappa shape index (κ3) is 3.96. The van der Waals surface area contributed by atoms with E-state index in [0.717, 1.165) is 22.3 Å². The van der Waals surface area contributed by atoms with Gasteiger partial charge in [-0.3, -0.25) is 19.2 Å². The van der Waals surface area contributed by atoms with E-state index >= 15 is 0 Å². The molecule has 0 unspecified atom stereocenters. The minimum atomic E-state index is -0.694. The fourth-order valence-electron chi connectivity index (χ4n) is 7.59. The highest BCUT2D eigenvalue weighted by atomic mass is 35.5. The van der Waals surface area contributed by atoms with Crippen molar-refractivity contribution in [2.45, 2.75) is 18.3 Å². The number of hydrogen-bond acceptors (Lipinski definition) is 5. The van der Waals surface area contributed by atoms with Gasteiger partial charge >= 0.3 is 5.97 Å². The van der Waals surface area contributed by atoms with Crippen LogP contribution in [0.1, 0.15) is 40.5 Å². The van der Waals surface area contributed by atoms with Crippen molar-refractivity contribution in [3.8, 4) is 5.75 Å². The average molecular weight is 623 g/mol. The first-order chi connectivity index (χ1) is 21.3. The van der Waals surface area contributed by atoms with Gasteiger partial charge in [0.05, 0.1) is 34.2 Å². The Kier molecular flexibility index (Phi) is 6.19. The van der Waals surface area contributed by atoms with Crippen LogP contribution in [0.3, 0.4) is 0 Å². The highest BCUT2D eigenvalue weighted by Gasteiger charge is 2.61. The van der Waals surface area contributed by atoms with Gasteiger partial charge in [0.15, 0.2) is 0 Å². The summed E-state index contributed by atoms with van der Waals surface area (Å²) in [5.41, 5.74) is 5.34. The Labute approximate surface area is 262 Å². The second-order valence-corrected chi connectivity index (χ2v) is 12.5. The Morgan fingerprint density at radius 3 is 1.82 bits per heavy atom. The minimum absolute atomic E-state index is 0.0214. The zero-order valence-corrected chi connectivity index (χ0v) is 24.7. The van der Waals surface area contributed by atoms with Crippen molar-refractivity contribution in [2.24, 2.45) is 17.8 Å². The third-order valence-electron chi connectivity index (χ3n) is 9.42. The lowest BCUT2D eigenvalue weighted by Crippen LogP contribution is -2.41. The summed E-state index contributed by atoms with van der Waals surface area (Å²) in [6, 6.07) is 27.4. The number of rotatable bonds is 4. The van der Waals surface area contributed by atoms with Gasteiger partial charge < -0.3 is 9.64 Å². The quantitative estimate of drug-likeness (QED) is 0.150. The molecule has 3 atom stereocenters. The summed E-state index contributed by atoms with van der Waals surface area (Å²) in [5, 5.41) is 0.790. The van der Waals surface area contributed by atoms with Gasteiger partial charge in [-0.2, -0.15) is 0 Å². The average Bonchev–Trinajstić information content (AvgIpc) is 3.55. The van der Waals surface area contributed by atoms with Crippen molar-refractivity contribution in [2.75, 3.05) is 16.3 Å². The summed E-state index contributed by atoms with van der Waals surface area (Å²) in [4.78, 5) is 56.4. The van der Waals surface area contributed by atoms with Crippen LogP contribution in [0.15, 0.2) is 91.0 Å². The van der Waals surface area contributed by atoms with E-state index in [9.17, 15) is 19.2 Å². The van der Waals surface area contributed by atoms with Crippen LogP contribution >= 0.6 is 23.2 Å². The Balaban J connectivity index is 1.02.